The molecule has 0 bridgehead atoms. The number of halogens is 3. The van der Waals surface area contributed by atoms with Crippen molar-refractivity contribution in [3.8, 4) is 0 Å². The van der Waals surface area contributed by atoms with Gasteiger partial charge in [0.25, 0.3) is 12.9 Å². The number of hydrogen-bond donors (Lipinski definition) is 16. The molecule has 120 heavy (non-hydrogen) atoms. The van der Waals surface area contributed by atoms with Gasteiger partial charge in [0, 0.05) is 85.1 Å². The molecule has 1 fully saturated rings. The molecule has 42 heteroatoms. The molecule has 2 heterocycles. The number of carboxylic acid groups (broad SMARTS) is 2. The number of aromatic nitrogens is 1. The number of rotatable bonds is 40. The average Bonchev–Trinajstić information content (AvgIpc) is 1.64. The number of Topliss-reactive ketones (excluding diaryl/α,β-unsaturated/α-hetero) is 4. The highest BCUT2D eigenvalue weighted by Gasteiger charge is 2.41. The summed E-state index contributed by atoms with van der Waals surface area (Å²) >= 11 is 12.9. The smallest absolute Gasteiger partial charge is 0.329 e. The molecule has 39 nitrogen and oxygen atoms in total. The number of cyclic esters (lactones) is 1. The van der Waals surface area contributed by atoms with E-state index >= 15 is 4.79 Å². The maximum Gasteiger partial charge on any atom is 0.329 e. The van der Waals surface area contributed by atoms with Crippen LogP contribution in [0.1, 0.15) is 173 Å². The Labute approximate surface area is 699 Å². The van der Waals surface area contributed by atoms with Crippen LogP contribution in [0.5, 0.6) is 0 Å². The van der Waals surface area contributed by atoms with E-state index in [1.807, 2.05) is 0 Å². The SMILES string of the molecule is CCCCCCCCCC(=O)N[C@@H](Cc1c[nH]c2ccc(F)cc12)C(=O)N[C@H](CC(N)=O)C(=O)C[C@@H](CC(=O)O)C(=O)N[C@@H]1C(=O)NCC(=O)N[C@@H](CCCC)C(=O)C[C@@H](COC=O)C(=O)N[C@H](C)C(=O)N[C@@H](COC=O)C(=O)NCC(=O)N[C@H](CO)C(=O)C[C@@H]([C@H](C)CC(=O)O)C(=O)N[C@@H](CC(=O)c2cc(Cl)cc(Cl)c2NCC)C(=O)O[C@@H]1C. The number of aliphatic carboxylic acids is 2. The zero-order valence-corrected chi connectivity index (χ0v) is 68.8. The molecular formula is C78H106Cl2FN13O26. The number of H-pyrrole nitrogens is 1. The van der Waals surface area contributed by atoms with Gasteiger partial charge in [-0.3, -0.25) is 91.1 Å². The fourth-order valence-electron chi connectivity index (χ4n) is 12.9. The Morgan fingerprint density at radius 3 is 1.91 bits per heavy atom. The first-order valence-corrected chi connectivity index (χ1v) is 39.8. The van der Waals surface area contributed by atoms with Gasteiger partial charge >= 0.3 is 17.9 Å². The molecule has 0 unspecified atom stereocenters. The number of esters is 1. The zero-order chi connectivity index (χ0) is 89.5. The van der Waals surface area contributed by atoms with Gasteiger partial charge in [-0.05, 0) is 75.4 Å². The van der Waals surface area contributed by atoms with Crippen LogP contribution in [-0.4, -0.2) is 233 Å². The van der Waals surface area contributed by atoms with E-state index in [2.05, 4.69) is 70.4 Å². The minimum atomic E-state index is -2.40. The predicted octanol–water partition coefficient (Wildman–Crippen LogP) is 0.793. The fraction of sp³-hybridized carbons (Fsp3) is 0.564. The molecule has 4 rings (SSSR count). The summed E-state index contributed by atoms with van der Waals surface area (Å²) in [6, 6.07) is -9.13. The van der Waals surface area contributed by atoms with Gasteiger partial charge in [0.1, 0.15) is 61.4 Å². The summed E-state index contributed by atoms with van der Waals surface area (Å²) in [6.45, 7) is 3.32. The van der Waals surface area contributed by atoms with E-state index in [0.717, 1.165) is 52.0 Å². The third kappa shape index (κ3) is 34.0. The molecule has 1 aromatic heterocycles. The number of carboxylic acids is 2. The number of unbranched alkanes of at least 4 members (excludes halogenated alkanes) is 7. The zero-order valence-electron chi connectivity index (χ0n) is 67.2. The van der Waals surface area contributed by atoms with Gasteiger partial charge in [0.05, 0.1) is 67.2 Å². The van der Waals surface area contributed by atoms with E-state index in [4.69, 9.17) is 43.1 Å². The first-order chi connectivity index (χ1) is 56.9. The third-order valence-electron chi connectivity index (χ3n) is 19.4. The van der Waals surface area contributed by atoms with Crippen LogP contribution in [0.4, 0.5) is 10.1 Å². The summed E-state index contributed by atoms with van der Waals surface area (Å²) in [6.07, 6.45) is -2.41. The van der Waals surface area contributed by atoms with E-state index in [0.29, 0.717) is 35.7 Å². The number of nitrogens with two attached hydrogens (primary N) is 1. The predicted molar refractivity (Wildman–Crippen MR) is 424 cm³/mol. The monoisotopic (exact) mass is 1730 g/mol. The molecule has 0 radical (unpaired) electrons. The van der Waals surface area contributed by atoms with Crippen LogP contribution in [-0.2, 0) is 112 Å². The Balaban J connectivity index is 1.92. The summed E-state index contributed by atoms with van der Waals surface area (Å²) in [5.41, 5.74) is 5.98. The molecule has 660 valence electrons. The molecule has 11 amide bonds. The minimum absolute atomic E-state index is 0.0568. The number of aliphatic hydroxyl groups excluding tert-OH is 1. The molecular weight excluding hydrogens is 1620 g/mol. The Morgan fingerprint density at radius 2 is 1.28 bits per heavy atom. The normalized spacial score (nSPS) is 20.9. The average molecular weight is 1730 g/mol. The topological polar surface area (TPSA) is 604 Å². The quantitative estimate of drug-likeness (QED) is 0.0123. The van der Waals surface area contributed by atoms with Crippen molar-refractivity contribution in [2.24, 2.45) is 29.4 Å². The van der Waals surface area contributed by atoms with E-state index in [9.17, 15) is 111 Å². The lowest BCUT2D eigenvalue weighted by Gasteiger charge is -2.29. The van der Waals surface area contributed by atoms with Gasteiger partial charge in [-0.25, -0.2) is 9.18 Å². The molecule has 1 aliphatic heterocycles. The maximum absolute atomic E-state index is 15.1. The Morgan fingerprint density at radius 1 is 0.667 bits per heavy atom. The minimum Gasteiger partial charge on any atom is -0.481 e. The lowest BCUT2D eigenvalue weighted by atomic mass is 9.84. The van der Waals surface area contributed by atoms with E-state index in [1.165, 1.54) is 37.4 Å². The summed E-state index contributed by atoms with van der Waals surface area (Å²) in [4.78, 5) is 278. The molecule has 0 spiro atoms. The van der Waals surface area contributed by atoms with Crippen molar-refractivity contribution < 1.29 is 130 Å². The maximum atomic E-state index is 15.1. The van der Waals surface area contributed by atoms with Gasteiger partial charge < -0.3 is 98.7 Å². The van der Waals surface area contributed by atoms with Gasteiger partial charge in [0.15, 0.2) is 23.1 Å². The molecule has 17 N–H and O–H groups in total. The van der Waals surface area contributed by atoms with Crippen molar-refractivity contribution in [2.45, 2.75) is 218 Å². The Kier molecular flexibility index (Phi) is 43.4. The Hall–Kier alpha value is -11.6. The van der Waals surface area contributed by atoms with Crippen molar-refractivity contribution in [3.05, 3.63) is 63.5 Å². The van der Waals surface area contributed by atoms with Gasteiger partial charge in [-0.15, -0.1) is 0 Å². The molecule has 0 aliphatic carbocycles. The summed E-state index contributed by atoms with van der Waals surface area (Å²) in [5.74, 6) is -30.5. The number of primary amides is 1. The number of aromatic amines is 1. The number of ether oxygens (including phenoxy) is 3. The van der Waals surface area contributed by atoms with Gasteiger partial charge in [0.2, 0.25) is 65.0 Å². The van der Waals surface area contributed by atoms with E-state index in [-0.39, 0.29) is 66.5 Å². The molecule has 2 aromatic carbocycles. The summed E-state index contributed by atoms with van der Waals surface area (Å²) in [7, 11) is 0. The van der Waals surface area contributed by atoms with Crippen molar-refractivity contribution in [1.29, 1.82) is 0 Å². The highest BCUT2D eigenvalue weighted by atomic mass is 35.5. The van der Waals surface area contributed by atoms with Gasteiger partial charge in [-0.2, -0.15) is 0 Å². The van der Waals surface area contributed by atoms with Crippen LogP contribution >= 0.6 is 23.2 Å². The molecule has 1 aliphatic rings. The van der Waals surface area contributed by atoms with Crippen molar-refractivity contribution in [3.63, 3.8) is 0 Å². The lowest BCUT2D eigenvalue weighted by Crippen LogP contribution is -2.57. The number of anilines is 1. The lowest BCUT2D eigenvalue weighted by molar-refractivity contribution is -0.156. The fourth-order valence-corrected chi connectivity index (χ4v) is 13.4. The number of carbonyl (C=O) groups is 20. The van der Waals surface area contributed by atoms with E-state index < -0.39 is 268 Å². The first kappa shape index (κ1) is 101. The van der Waals surface area contributed by atoms with Crippen molar-refractivity contribution in [1.82, 2.24) is 58.2 Å². The number of nitrogens with one attached hydrogen (secondary N) is 12. The molecule has 13 atom stereocenters. The molecule has 0 saturated carbocycles. The number of amides is 11. The van der Waals surface area contributed by atoms with Crippen LogP contribution in [0.3, 0.4) is 0 Å². The van der Waals surface area contributed by atoms with Crippen LogP contribution in [0, 0.1) is 29.5 Å². The number of aliphatic hydroxyl groups is 1. The second-order valence-electron chi connectivity index (χ2n) is 28.9. The number of carbonyl (C=O) groups excluding carboxylic acids is 18. The number of benzene rings is 2. The Bertz CT molecular complexity index is 4190. The molecule has 1 saturated heterocycles. The second kappa shape index (κ2) is 51.7. The van der Waals surface area contributed by atoms with Crippen LogP contribution in [0.25, 0.3) is 10.9 Å². The highest BCUT2D eigenvalue weighted by molar-refractivity contribution is 6.37. The first-order valence-electron chi connectivity index (χ1n) is 39.1. The van der Waals surface area contributed by atoms with Crippen LogP contribution < -0.4 is 64.2 Å². The van der Waals surface area contributed by atoms with Crippen LogP contribution in [0.2, 0.25) is 10.0 Å². The standard InChI is InChI=1S/C78H106Cl2FN13O26/c1-7-10-12-13-14-15-16-18-64(103)89-55(22-44-32-84-52-20-19-47(81)28-49(44)52)76(115)91-54(31-63(82)102)61(100)23-43(25-68(108)109)72(111)94-69-42(6)120-78(117)56(30-59(98)50-26-46(79)27-51(80)70(50)83-9-3)92-74(113)48(40(4)21-67(106)107)29-62(101)57(35-95)90-66(105)33-85-75(114)58(37-119-39-97)93-71(110)41(5)87-73(112)45(36-118-38-96)24-60(99)53(17-11-8-2)88-65(104)34-86-77(69)116/h19-20,26-28,32,38-43,45,48,53-58,69,83-84,95H,7-18,21-25,29-31,33-37H2,1-6H3,(H2,82,102)(H,85,114)(H,86,116)(H,87,112)(H,88,104)(H,89,103)(H,90,105)(H,91,115)(H,92,113)(H,93,110)(H,94,111)(H,106,107)(H,108,109)/t40-,41-,42-,43+,45+,48+,53+,54-,55+,56+,57-,58+,69+/m1/s1. The number of fused-ring (bicyclic) bond motifs is 1. The van der Waals surface area contributed by atoms with Gasteiger partial charge in [-0.1, -0.05) is 95.3 Å². The summed E-state index contributed by atoms with van der Waals surface area (Å²) in [5, 5.41) is 56.6. The second-order valence-corrected chi connectivity index (χ2v) is 29.8. The largest absolute Gasteiger partial charge is 0.481 e. The molecule has 3 aromatic rings. The summed E-state index contributed by atoms with van der Waals surface area (Å²) < 4.78 is 30.0. The van der Waals surface area contributed by atoms with Crippen molar-refractivity contribution >= 4 is 159 Å². The van der Waals surface area contributed by atoms with Crippen LogP contribution in [0.15, 0.2) is 36.5 Å². The number of hydrogen-bond acceptors (Lipinski definition) is 25. The third-order valence-corrected chi connectivity index (χ3v) is 19.9. The highest BCUT2D eigenvalue weighted by Crippen LogP contribution is 2.32. The number of ketones is 4. The van der Waals surface area contributed by atoms with Crippen molar-refractivity contribution in [2.75, 3.05) is 44.8 Å². The van der Waals surface area contributed by atoms with E-state index in [1.54, 1.807) is 13.8 Å².